The molecule has 0 fully saturated rings. The average Bonchev–Trinajstić information content (AvgIpc) is 3.27. The number of esters is 1. The molecule has 2 aliphatic heterocycles. The zero-order chi connectivity index (χ0) is 31.4. The van der Waals surface area contributed by atoms with Crippen LogP contribution in [0.4, 0.5) is 11.4 Å². The molecule has 10 nitrogen and oxygen atoms in total. The van der Waals surface area contributed by atoms with Crippen LogP contribution >= 0.6 is 11.6 Å². The predicted molar refractivity (Wildman–Crippen MR) is 163 cm³/mol. The summed E-state index contributed by atoms with van der Waals surface area (Å²) in [5.41, 5.74) is 3.21. The molecule has 0 saturated heterocycles. The van der Waals surface area contributed by atoms with Gasteiger partial charge in [-0.25, -0.2) is 9.69 Å². The van der Waals surface area contributed by atoms with Crippen LogP contribution in [0, 0.1) is 6.92 Å². The Morgan fingerprint density at radius 2 is 1.77 bits per heavy atom. The number of hydrogen-bond donors (Lipinski definition) is 2. The topological polar surface area (TPSA) is 131 Å². The molecule has 2 aliphatic rings. The van der Waals surface area contributed by atoms with Gasteiger partial charge in [-0.15, -0.1) is 0 Å². The van der Waals surface area contributed by atoms with Crippen LogP contribution in [-0.2, 0) is 19.0 Å². The van der Waals surface area contributed by atoms with Crippen LogP contribution in [0.1, 0.15) is 67.4 Å². The van der Waals surface area contributed by atoms with Crippen LogP contribution in [0.3, 0.4) is 0 Å². The number of fused-ring (bicyclic) bond motifs is 1. The molecule has 3 amide bonds. The maximum absolute atomic E-state index is 13.4. The second-order valence-electron chi connectivity index (χ2n) is 10.4. The standard InChI is InChI=1S/C33H31ClN2O8/c1-19-15-24(10-12-27(19)36-31(39)25-11-9-23(34)18-26(25)32(36)40)35-30(38)28-16-22(17-29(44-28)43-14-4-3-13-37)20-5-7-21(8-6-20)33(41)42-2/h5-12,15-16,18,22,29,37H,3-4,13-14,17H2,1-2H3,(H,35,38)/t22-,29+/m1/s1. The summed E-state index contributed by atoms with van der Waals surface area (Å²) in [5.74, 6) is -2.05. The number of aliphatic hydroxyl groups excluding tert-OH is 1. The first-order valence-electron chi connectivity index (χ1n) is 14.1. The van der Waals surface area contributed by atoms with Crippen LogP contribution in [0.25, 0.3) is 0 Å². The molecule has 11 heteroatoms. The van der Waals surface area contributed by atoms with Crippen molar-refractivity contribution in [2.45, 2.75) is 38.4 Å². The predicted octanol–water partition coefficient (Wildman–Crippen LogP) is 5.38. The molecular formula is C33H31ClN2O8. The molecule has 2 atom stereocenters. The van der Waals surface area contributed by atoms with E-state index in [0.29, 0.717) is 53.4 Å². The lowest BCUT2D eigenvalue weighted by Crippen LogP contribution is -2.30. The minimum atomic E-state index is -0.712. The first-order valence-corrected chi connectivity index (χ1v) is 14.5. The van der Waals surface area contributed by atoms with Gasteiger partial charge in [0, 0.05) is 29.7 Å². The van der Waals surface area contributed by atoms with Crippen molar-refractivity contribution in [2.75, 3.05) is 30.5 Å². The molecule has 0 bridgehead atoms. The monoisotopic (exact) mass is 618 g/mol. The number of halogens is 1. The van der Waals surface area contributed by atoms with Crippen molar-refractivity contribution in [2.24, 2.45) is 0 Å². The average molecular weight is 619 g/mol. The van der Waals surface area contributed by atoms with Crippen LogP contribution in [0.2, 0.25) is 5.02 Å². The van der Waals surface area contributed by atoms with Gasteiger partial charge in [0.05, 0.1) is 36.1 Å². The number of ether oxygens (including phenoxy) is 3. The van der Waals surface area contributed by atoms with Crippen molar-refractivity contribution in [3.63, 3.8) is 0 Å². The minimum Gasteiger partial charge on any atom is -0.465 e. The number of methoxy groups -OCH3 is 1. The number of nitrogens with one attached hydrogen (secondary N) is 1. The summed E-state index contributed by atoms with van der Waals surface area (Å²) in [7, 11) is 1.32. The van der Waals surface area contributed by atoms with Gasteiger partial charge in [-0.2, -0.15) is 0 Å². The smallest absolute Gasteiger partial charge is 0.337 e. The van der Waals surface area contributed by atoms with Gasteiger partial charge >= 0.3 is 5.97 Å². The summed E-state index contributed by atoms with van der Waals surface area (Å²) in [6.45, 7) is 2.14. The number of aryl methyl sites for hydroxylation is 1. The molecule has 0 aromatic heterocycles. The molecule has 0 radical (unpaired) electrons. The SMILES string of the molecule is COC(=O)c1ccc([C@@H]2C=C(C(=O)Nc3ccc(N4C(=O)c5ccc(Cl)cc5C4=O)c(C)c3)O[C@H](OCCCCO)C2)cc1. The molecular weight excluding hydrogens is 588 g/mol. The number of anilines is 2. The Morgan fingerprint density at radius 3 is 2.48 bits per heavy atom. The van der Waals surface area contributed by atoms with Gasteiger partial charge in [-0.05, 0) is 85.5 Å². The number of hydrogen-bond acceptors (Lipinski definition) is 8. The van der Waals surface area contributed by atoms with Crippen molar-refractivity contribution < 1.29 is 38.5 Å². The zero-order valence-corrected chi connectivity index (χ0v) is 24.9. The molecule has 3 aromatic carbocycles. The molecule has 0 spiro atoms. The molecule has 2 heterocycles. The summed E-state index contributed by atoms with van der Waals surface area (Å²) in [6.07, 6.45) is 2.65. The molecule has 228 valence electrons. The largest absolute Gasteiger partial charge is 0.465 e. The van der Waals surface area contributed by atoms with Gasteiger partial charge in [-0.3, -0.25) is 14.4 Å². The van der Waals surface area contributed by atoms with Crippen LogP contribution in [0.15, 0.2) is 72.5 Å². The van der Waals surface area contributed by atoms with Gasteiger partial charge < -0.3 is 24.6 Å². The van der Waals surface area contributed by atoms with E-state index in [1.807, 2.05) is 0 Å². The second-order valence-corrected chi connectivity index (χ2v) is 10.9. The van der Waals surface area contributed by atoms with Crippen molar-refractivity contribution in [1.29, 1.82) is 0 Å². The van der Waals surface area contributed by atoms with E-state index in [1.165, 1.54) is 19.2 Å². The van der Waals surface area contributed by atoms with Crippen molar-refractivity contribution >= 4 is 46.7 Å². The summed E-state index contributed by atoms with van der Waals surface area (Å²) in [4.78, 5) is 52.4. The molecule has 0 saturated carbocycles. The summed E-state index contributed by atoms with van der Waals surface area (Å²) < 4.78 is 16.6. The Balaban J connectivity index is 1.34. The fourth-order valence-electron chi connectivity index (χ4n) is 5.17. The van der Waals surface area contributed by atoms with Gasteiger partial charge in [-0.1, -0.05) is 23.7 Å². The minimum absolute atomic E-state index is 0.0528. The molecule has 5 rings (SSSR count). The third kappa shape index (κ3) is 6.52. The zero-order valence-electron chi connectivity index (χ0n) is 24.2. The lowest BCUT2D eigenvalue weighted by molar-refractivity contribution is -0.143. The number of amides is 3. The fourth-order valence-corrected chi connectivity index (χ4v) is 5.34. The van der Waals surface area contributed by atoms with E-state index in [1.54, 1.807) is 61.5 Å². The lowest BCUT2D eigenvalue weighted by atomic mass is 9.92. The van der Waals surface area contributed by atoms with Crippen LogP contribution in [0.5, 0.6) is 0 Å². The van der Waals surface area contributed by atoms with Gasteiger partial charge in [0.15, 0.2) is 5.76 Å². The number of allylic oxidation sites excluding steroid dienone is 1. The normalized spacial score (nSPS) is 17.5. The maximum Gasteiger partial charge on any atom is 0.337 e. The number of nitrogens with zero attached hydrogens (tertiary/aromatic N) is 1. The number of carbonyl (C=O) groups is 4. The number of rotatable bonds is 10. The molecule has 0 unspecified atom stereocenters. The second kappa shape index (κ2) is 13.4. The first-order chi connectivity index (χ1) is 21.2. The van der Waals surface area contributed by atoms with Crippen molar-refractivity contribution in [1.82, 2.24) is 0 Å². The quantitative estimate of drug-likeness (QED) is 0.176. The van der Waals surface area contributed by atoms with E-state index in [0.717, 1.165) is 10.5 Å². The third-order valence-corrected chi connectivity index (χ3v) is 7.68. The van der Waals surface area contributed by atoms with E-state index in [-0.39, 0.29) is 29.4 Å². The Labute approximate surface area is 259 Å². The van der Waals surface area contributed by atoms with Gasteiger partial charge in [0.2, 0.25) is 6.29 Å². The number of aliphatic hydroxyl groups is 1. The number of unbranched alkanes of at least 4 members (excludes halogenated alkanes) is 1. The highest BCUT2D eigenvalue weighted by Crippen LogP contribution is 2.35. The highest BCUT2D eigenvalue weighted by Gasteiger charge is 2.37. The molecule has 2 N–H and O–H groups in total. The Morgan fingerprint density at radius 1 is 1.02 bits per heavy atom. The van der Waals surface area contributed by atoms with Crippen LogP contribution in [-0.4, -0.2) is 55.4 Å². The Hall–Kier alpha value is -4.51. The van der Waals surface area contributed by atoms with E-state index in [2.05, 4.69) is 5.32 Å². The number of carbonyl (C=O) groups excluding carboxylic acids is 4. The molecule has 44 heavy (non-hydrogen) atoms. The first kappa shape index (κ1) is 30.9. The molecule has 0 aliphatic carbocycles. The van der Waals surface area contributed by atoms with Gasteiger partial charge in [0.25, 0.3) is 17.7 Å². The molecule has 3 aromatic rings. The highest BCUT2D eigenvalue weighted by molar-refractivity contribution is 6.37. The number of benzene rings is 3. The lowest BCUT2D eigenvalue weighted by Gasteiger charge is -2.29. The maximum atomic E-state index is 13.4. The van der Waals surface area contributed by atoms with E-state index >= 15 is 0 Å². The van der Waals surface area contributed by atoms with Crippen molar-refractivity contribution in [3.8, 4) is 0 Å². The van der Waals surface area contributed by atoms with Crippen LogP contribution < -0.4 is 10.2 Å². The number of imide groups is 1. The van der Waals surface area contributed by atoms with Gasteiger partial charge in [0.1, 0.15) is 0 Å². The third-order valence-electron chi connectivity index (χ3n) is 7.44. The fraction of sp³-hybridized carbons (Fsp3) is 0.273. The van der Waals surface area contributed by atoms with E-state index in [9.17, 15) is 19.2 Å². The Bertz CT molecular complexity index is 1640. The van der Waals surface area contributed by atoms with E-state index < -0.39 is 30.0 Å². The summed E-state index contributed by atoms with van der Waals surface area (Å²) >= 11 is 6.04. The summed E-state index contributed by atoms with van der Waals surface area (Å²) in [6, 6.07) is 16.4. The summed E-state index contributed by atoms with van der Waals surface area (Å²) in [5, 5.41) is 12.3. The van der Waals surface area contributed by atoms with E-state index in [4.69, 9.17) is 30.9 Å². The Kier molecular flexibility index (Phi) is 9.43. The van der Waals surface area contributed by atoms with Crippen molar-refractivity contribution in [3.05, 3.63) is 105 Å². The highest BCUT2D eigenvalue weighted by atomic mass is 35.5.